The number of unbranched alkanes of at least 4 members (excludes halogenated alkanes) is 3. The molecule has 2 saturated heterocycles. The van der Waals surface area contributed by atoms with Gasteiger partial charge in [-0.05, 0) is 48.6 Å². The van der Waals surface area contributed by atoms with Crippen molar-refractivity contribution in [3.05, 3.63) is 65.2 Å². The lowest BCUT2D eigenvalue weighted by molar-refractivity contribution is -0.175. The highest BCUT2D eigenvalue weighted by Gasteiger charge is 2.49. The number of carbonyl (C=O) groups is 2. The van der Waals surface area contributed by atoms with Crippen molar-refractivity contribution in [1.29, 1.82) is 0 Å². The van der Waals surface area contributed by atoms with Gasteiger partial charge in [-0.1, -0.05) is 62.6 Å². The second-order valence-electron chi connectivity index (χ2n) is 11.2. The molecule has 0 radical (unpaired) electrons. The molecule has 8 nitrogen and oxygen atoms in total. The smallest absolute Gasteiger partial charge is 0.245 e. The molecule has 8 heteroatoms. The van der Waals surface area contributed by atoms with Gasteiger partial charge in [-0.3, -0.25) is 9.59 Å². The molecule has 2 amide bonds. The summed E-state index contributed by atoms with van der Waals surface area (Å²) < 4.78 is 11.8. The number of amides is 2. The number of hydrogen-bond acceptors (Lipinski definition) is 6. The van der Waals surface area contributed by atoms with E-state index in [2.05, 4.69) is 41.9 Å². The average Bonchev–Trinajstić information content (AvgIpc) is 3.47. The van der Waals surface area contributed by atoms with Crippen molar-refractivity contribution in [3.63, 3.8) is 0 Å². The molecule has 0 aromatic heterocycles. The first-order valence-corrected chi connectivity index (χ1v) is 14.8. The van der Waals surface area contributed by atoms with Crippen molar-refractivity contribution in [2.45, 2.75) is 76.5 Å². The van der Waals surface area contributed by atoms with E-state index in [1.165, 1.54) is 18.4 Å². The lowest BCUT2D eigenvalue weighted by Gasteiger charge is -2.51. The van der Waals surface area contributed by atoms with E-state index in [9.17, 15) is 9.59 Å². The van der Waals surface area contributed by atoms with Gasteiger partial charge in [0.15, 0.2) is 0 Å². The molecule has 2 atom stereocenters. The van der Waals surface area contributed by atoms with Crippen molar-refractivity contribution in [2.24, 2.45) is 0 Å². The standard InChI is InChI=1S/C32H46N4O4/c1-4-5-6-9-18-40-32(28-11-8-7-10-24(28)2)21-36(22-32)31(38)29(19-25-12-15-27(39-3)16-13-25)35-30(37)17-14-26-20-33-23-34-26/h7-8,10-13,15-16,26,29,33-34H,4-6,9,14,17-23H2,1-3H3,(H,35,37)/t26?,29-/m1/s1. The minimum absolute atomic E-state index is 0.0661. The molecule has 40 heavy (non-hydrogen) atoms. The van der Waals surface area contributed by atoms with E-state index in [1.807, 2.05) is 41.3 Å². The van der Waals surface area contributed by atoms with Gasteiger partial charge in [0.25, 0.3) is 0 Å². The molecule has 0 bridgehead atoms. The van der Waals surface area contributed by atoms with Gasteiger partial charge in [-0.2, -0.15) is 0 Å². The minimum atomic E-state index is -0.644. The van der Waals surface area contributed by atoms with Crippen molar-refractivity contribution in [3.8, 4) is 5.75 Å². The Balaban J connectivity index is 1.45. The topological polar surface area (TPSA) is 91.9 Å². The lowest BCUT2D eigenvalue weighted by atomic mass is 9.82. The number of carbonyl (C=O) groups excluding carboxylic acids is 2. The molecule has 2 aromatic rings. The van der Waals surface area contributed by atoms with Crippen LogP contribution in [0.1, 0.15) is 62.1 Å². The fourth-order valence-corrected chi connectivity index (χ4v) is 5.67. The number of methoxy groups -OCH3 is 1. The van der Waals surface area contributed by atoms with Crippen LogP contribution in [0.4, 0.5) is 0 Å². The fraction of sp³-hybridized carbons (Fsp3) is 0.562. The highest BCUT2D eigenvalue weighted by atomic mass is 16.5. The highest BCUT2D eigenvalue weighted by Crippen LogP contribution is 2.38. The molecular formula is C32H46N4O4. The van der Waals surface area contributed by atoms with E-state index in [-0.39, 0.29) is 17.9 Å². The molecule has 4 rings (SSSR count). The van der Waals surface area contributed by atoms with Crippen molar-refractivity contribution in [1.82, 2.24) is 20.9 Å². The third-order valence-corrected chi connectivity index (χ3v) is 8.07. The Labute approximate surface area is 239 Å². The van der Waals surface area contributed by atoms with E-state index < -0.39 is 11.6 Å². The summed E-state index contributed by atoms with van der Waals surface area (Å²) in [6, 6.07) is 15.6. The molecule has 2 aromatic carbocycles. The van der Waals surface area contributed by atoms with Gasteiger partial charge < -0.3 is 30.3 Å². The van der Waals surface area contributed by atoms with Crippen LogP contribution < -0.4 is 20.7 Å². The summed E-state index contributed by atoms with van der Waals surface area (Å²) in [4.78, 5) is 28.7. The lowest BCUT2D eigenvalue weighted by Crippen LogP contribution is -2.66. The SMILES string of the molecule is CCCCCCOC1(c2ccccc2C)CN(C(=O)[C@@H](Cc2ccc(OC)cc2)NC(=O)CCC2CNCN2)C1. The van der Waals surface area contributed by atoms with Crippen LogP contribution in [-0.4, -0.2) is 68.8 Å². The van der Waals surface area contributed by atoms with Gasteiger partial charge in [-0.25, -0.2) is 0 Å². The number of hydrogen-bond donors (Lipinski definition) is 3. The van der Waals surface area contributed by atoms with E-state index in [1.54, 1.807) is 7.11 Å². The van der Waals surface area contributed by atoms with Crippen LogP contribution in [0.25, 0.3) is 0 Å². The summed E-state index contributed by atoms with van der Waals surface area (Å²) in [5.74, 6) is 0.595. The first-order valence-electron chi connectivity index (χ1n) is 14.8. The first kappa shape index (κ1) is 30.0. The molecule has 0 spiro atoms. The fourth-order valence-electron chi connectivity index (χ4n) is 5.67. The number of aryl methyl sites for hydroxylation is 1. The van der Waals surface area contributed by atoms with Gasteiger partial charge in [0, 0.05) is 38.7 Å². The molecular weight excluding hydrogens is 504 g/mol. The molecule has 2 fully saturated rings. The zero-order chi connectivity index (χ0) is 28.4. The molecule has 2 aliphatic rings. The van der Waals surface area contributed by atoms with Crippen LogP contribution in [0.2, 0.25) is 0 Å². The summed E-state index contributed by atoms with van der Waals surface area (Å²) in [5, 5.41) is 9.65. The maximum absolute atomic E-state index is 13.9. The summed E-state index contributed by atoms with van der Waals surface area (Å²) in [5.41, 5.74) is 2.77. The first-order chi connectivity index (χ1) is 19.4. The number of rotatable bonds is 15. The van der Waals surface area contributed by atoms with Gasteiger partial charge in [0.2, 0.25) is 11.8 Å². The van der Waals surface area contributed by atoms with Crippen LogP contribution in [0.5, 0.6) is 5.75 Å². The Kier molecular flexibility index (Phi) is 11.0. The van der Waals surface area contributed by atoms with E-state index in [0.29, 0.717) is 32.5 Å². The Hall–Kier alpha value is -2.94. The quantitative estimate of drug-likeness (QED) is 0.293. The third kappa shape index (κ3) is 7.83. The van der Waals surface area contributed by atoms with Gasteiger partial charge in [0.1, 0.15) is 17.4 Å². The second-order valence-corrected chi connectivity index (χ2v) is 11.2. The number of benzene rings is 2. The Morgan fingerprint density at radius 3 is 2.55 bits per heavy atom. The third-order valence-electron chi connectivity index (χ3n) is 8.07. The summed E-state index contributed by atoms with van der Waals surface area (Å²) >= 11 is 0. The predicted octanol–water partition coefficient (Wildman–Crippen LogP) is 3.66. The molecule has 3 N–H and O–H groups in total. The van der Waals surface area contributed by atoms with Crippen LogP contribution in [0, 0.1) is 6.92 Å². The van der Waals surface area contributed by atoms with E-state index in [0.717, 1.165) is 49.4 Å². The monoisotopic (exact) mass is 550 g/mol. The number of likely N-dealkylation sites (tertiary alicyclic amines) is 1. The maximum Gasteiger partial charge on any atom is 0.245 e. The van der Waals surface area contributed by atoms with Crippen molar-refractivity contribution >= 4 is 11.8 Å². The van der Waals surface area contributed by atoms with Crippen LogP contribution in [0.15, 0.2) is 48.5 Å². The van der Waals surface area contributed by atoms with Gasteiger partial charge in [0.05, 0.1) is 20.2 Å². The zero-order valence-corrected chi connectivity index (χ0v) is 24.3. The largest absolute Gasteiger partial charge is 0.497 e. The van der Waals surface area contributed by atoms with Gasteiger partial charge in [-0.15, -0.1) is 0 Å². The summed E-state index contributed by atoms with van der Waals surface area (Å²) in [6.45, 7) is 7.57. The summed E-state index contributed by atoms with van der Waals surface area (Å²) in [6.07, 6.45) is 6.06. The second kappa shape index (κ2) is 14.6. The summed E-state index contributed by atoms with van der Waals surface area (Å²) in [7, 11) is 1.63. The molecule has 0 saturated carbocycles. The van der Waals surface area contributed by atoms with Crippen LogP contribution in [0.3, 0.4) is 0 Å². The Morgan fingerprint density at radius 2 is 1.88 bits per heavy atom. The number of nitrogens with one attached hydrogen (secondary N) is 3. The Morgan fingerprint density at radius 1 is 1.10 bits per heavy atom. The van der Waals surface area contributed by atoms with Crippen LogP contribution >= 0.6 is 0 Å². The van der Waals surface area contributed by atoms with Crippen LogP contribution in [-0.2, 0) is 26.3 Å². The van der Waals surface area contributed by atoms with Crippen molar-refractivity contribution in [2.75, 3.05) is 40.0 Å². The highest BCUT2D eigenvalue weighted by molar-refractivity contribution is 5.88. The van der Waals surface area contributed by atoms with E-state index in [4.69, 9.17) is 9.47 Å². The van der Waals surface area contributed by atoms with E-state index >= 15 is 0 Å². The molecule has 218 valence electrons. The minimum Gasteiger partial charge on any atom is -0.497 e. The van der Waals surface area contributed by atoms with Gasteiger partial charge >= 0.3 is 0 Å². The normalized spacial score (nSPS) is 18.7. The average molecular weight is 551 g/mol. The molecule has 1 unspecified atom stereocenters. The number of ether oxygens (including phenoxy) is 2. The Bertz CT molecular complexity index is 1090. The zero-order valence-electron chi connectivity index (χ0n) is 24.3. The predicted molar refractivity (Wildman–Crippen MR) is 157 cm³/mol. The molecule has 0 aliphatic carbocycles. The number of nitrogens with zero attached hydrogens (tertiary/aromatic N) is 1. The maximum atomic E-state index is 13.9. The van der Waals surface area contributed by atoms with Crippen molar-refractivity contribution < 1.29 is 19.1 Å². The molecule has 2 aliphatic heterocycles. The molecule has 2 heterocycles.